The highest BCUT2D eigenvalue weighted by molar-refractivity contribution is 6.08. The molecule has 0 spiro atoms. The molecule has 11 heteroatoms. The van der Waals surface area contributed by atoms with Crippen molar-refractivity contribution in [2.24, 2.45) is 10.7 Å². The highest BCUT2D eigenvalue weighted by atomic mass is 16.6. The molecule has 0 unspecified atom stereocenters. The van der Waals surface area contributed by atoms with Crippen molar-refractivity contribution in [3.05, 3.63) is 101 Å². The molecular formula is C37H44N6O5. The van der Waals surface area contributed by atoms with Crippen molar-refractivity contribution >= 4 is 47.1 Å². The molecule has 4 amide bonds. The van der Waals surface area contributed by atoms with E-state index in [1.54, 1.807) is 42.5 Å². The molecule has 48 heavy (non-hydrogen) atoms. The summed E-state index contributed by atoms with van der Waals surface area (Å²) in [5.41, 5.74) is 10.2. The van der Waals surface area contributed by atoms with Crippen LogP contribution in [0.25, 0.3) is 6.08 Å². The highest BCUT2D eigenvalue weighted by Crippen LogP contribution is 2.29. The molecule has 1 aliphatic heterocycles. The summed E-state index contributed by atoms with van der Waals surface area (Å²) >= 11 is 0. The quantitative estimate of drug-likeness (QED) is 0.202. The lowest BCUT2D eigenvalue weighted by Crippen LogP contribution is -2.38. The maximum atomic E-state index is 13.2. The van der Waals surface area contributed by atoms with Gasteiger partial charge in [0.1, 0.15) is 12.4 Å². The molecule has 1 aliphatic rings. The second kappa shape index (κ2) is 17.5. The third-order valence-electron chi connectivity index (χ3n) is 7.72. The van der Waals surface area contributed by atoms with Gasteiger partial charge < -0.3 is 30.9 Å². The minimum absolute atomic E-state index is 0.0502. The van der Waals surface area contributed by atoms with Crippen molar-refractivity contribution in [3.63, 3.8) is 0 Å². The van der Waals surface area contributed by atoms with Gasteiger partial charge >= 0.3 is 6.09 Å². The first-order chi connectivity index (χ1) is 23.2. The zero-order chi connectivity index (χ0) is 34.5. The van der Waals surface area contributed by atoms with E-state index in [4.69, 9.17) is 10.5 Å². The fraction of sp³-hybridized carbons (Fsp3) is 0.324. The Morgan fingerprint density at radius 1 is 0.833 bits per heavy atom. The Balaban J connectivity index is 1.31. The number of aliphatic imine (C=N–C) groups is 1. The lowest BCUT2D eigenvalue weighted by atomic mass is 10.0. The van der Waals surface area contributed by atoms with Crippen LogP contribution in [0, 0.1) is 0 Å². The molecule has 0 saturated heterocycles. The molecule has 0 atom stereocenters. The van der Waals surface area contributed by atoms with Gasteiger partial charge in [0.15, 0.2) is 0 Å². The second-order valence-corrected chi connectivity index (χ2v) is 11.4. The molecule has 0 radical (unpaired) electrons. The minimum Gasteiger partial charge on any atom is -0.445 e. The highest BCUT2D eigenvalue weighted by Gasteiger charge is 2.21. The molecule has 3 aromatic rings. The summed E-state index contributed by atoms with van der Waals surface area (Å²) in [7, 11) is 0. The first-order valence-corrected chi connectivity index (χ1v) is 16.3. The maximum absolute atomic E-state index is 13.2. The largest absolute Gasteiger partial charge is 0.445 e. The first-order valence-electron chi connectivity index (χ1n) is 16.3. The topological polar surface area (TPSA) is 146 Å². The summed E-state index contributed by atoms with van der Waals surface area (Å²) in [6.45, 7) is 8.43. The van der Waals surface area contributed by atoms with Crippen molar-refractivity contribution in [2.75, 3.05) is 38.0 Å². The molecule has 0 aromatic heterocycles. The monoisotopic (exact) mass is 652 g/mol. The number of amides is 4. The number of nitrogens with two attached hydrogens (primary N) is 1. The van der Waals surface area contributed by atoms with Gasteiger partial charge in [-0.05, 0) is 67.8 Å². The number of hydrogen-bond donors (Lipinski definition) is 3. The molecule has 0 aliphatic carbocycles. The summed E-state index contributed by atoms with van der Waals surface area (Å²) in [5, 5.41) is 5.66. The van der Waals surface area contributed by atoms with E-state index in [9.17, 15) is 19.2 Å². The summed E-state index contributed by atoms with van der Waals surface area (Å²) in [4.78, 5) is 59.4. The van der Waals surface area contributed by atoms with Gasteiger partial charge in [0.2, 0.25) is 5.91 Å². The molecule has 4 rings (SSSR count). The molecule has 11 nitrogen and oxygen atoms in total. The number of amidine groups is 1. The lowest BCUT2D eigenvalue weighted by Gasteiger charge is -2.22. The fourth-order valence-electron chi connectivity index (χ4n) is 5.23. The average molecular weight is 653 g/mol. The van der Waals surface area contributed by atoms with E-state index in [1.165, 1.54) is 4.90 Å². The summed E-state index contributed by atoms with van der Waals surface area (Å²) in [5.74, 6) is -0.408. The number of ether oxygens (including phenoxy) is 1. The zero-order valence-corrected chi connectivity index (χ0v) is 27.8. The van der Waals surface area contributed by atoms with Gasteiger partial charge in [-0.25, -0.2) is 9.79 Å². The fourth-order valence-corrected chi connectivity index (χ4v) is 5.23. The summed E-state index contributed by atoms with van der Waals surface area (Å²) < 4.78 is 5.38. The number of rotatable bonds is 14. The predicted octanol–water partition coefficient (Wildman–Crippen LogP) is 5.75. The third-order valence-corrected chi connectivity index (χ3v) is 7.72. The molecular weight excluding hydrogens is 608 g/mol. The normalized spacial score (nSPS) is 12.1. The van der Waals surface area contributed by atoms with Crippen LogP contribution in [-0.4, -0.2) is 72.2 Å². The number of hydrogen-bond acceptors (Lipinski definition) is 7. The van der Waals surface area contributed by atoms with Gasteiger partial charge in [-0.15, -0.1) is 0 Å². The van der Waals surface area contributed by atoms with Crippen LogP contribution >= 0.6 is 0 Å². The Kier molecular flexibility index (Phi) is 12.9. The number of nitrogens with zero attached hydrogens (tertiary/aromatic N) is 3. The van der Waals surface area contributed by atoms with Crippen LogP contribution in [0.5, 0.6) is 0 Å². The van der Waals surface area contributed by atoms with Gasteiger partial charge in [0.25, 0.3) is 11.8 Å². The molecule has 0 fully saturated rings. The number of carbonyl (C=O) groups is 4. The summed E-state index contributed by atoms with van der Waals surface area (Å²) in [6.07, 6.45) is 3.32. The standard InChI is InChI=1S/C37H44N6O5/c1-4-19-43(20-5-2)36(46)30-22-28-12-13-29(23-32(28)41-33(38)24-30)35(45)40-31-16-14-27(15-17-31)34(44)39-18-21-42(6-3)37(47)48-25-26-10-8-7-9-11-26/h7-17,22-23H,4-6,18-21,24-25H2,1-3H3,(H2,38,41)(H,39,44)(H,40,45). The third kappa shape index (κ3) is 9.78. The Bertz CT molecular complexity index is 1650. The maximum Gasteiger partial charge on any atom is 0.410 e. The molecule has 4 N–H and O–H groups in total. The van der Waals surface area contributed by atoms with Crippen molar-refractivity contribution < 1.29 is 23.9 Å². The van der Waals surface area contributed by atoms with E-state index >= 15 is 0 Å². The molecule has 3 aromatic carbocycles. The first kappa shape index (κ1) is 35.4. The average Bonchev–Trinajstić information content (AvgIpc) is 3.26. The Morgan fingerprint density at radius 3 is 2.19 bits per heavy atom. The van der Waals surface area contributed by atoms with Crippen molar-refractivity contribution in [3.8, 4) is 0 Å². The summed E-state index contributed by atoms with van der Waals surface area (Å²) in [6, 6.07) is 21.0. The minimum atomic E-state index is -0.446. The van der Waals surface area contributed by atoms with Crippen LogP contribution in [0.2, 0.25) is 0 Å². The number of nitrogens with one attached hydrogen (secondary N) is 2. The second-order valence-electron chi connectivity index (χ2n) is 11.4. The molecule has 0 saturated carbocycles. The molecule has 0 bridgehead atoms. The van der Waals surface area contributed by atoms with Crippen LogP contribution in [0.3, 0.4) is 0 Å². The molecule has 252 valence electrons. The van der Waals surface area contributed by atoms with Gasteiger partial charge in [0, 0.05) is 67.1 Å². The van der Waals surface area contributed by atoms with Gasteiger partial charge in [-0.3, -0.25) is 14.4 Å². The number of benzene rings is 3. The van der Waals surface area contributed by atoms with Crippen molar-refractivity contribution in [1.29, 1.82) is 0 Å². The number of fused-ring (bicyclic) bond motifs is 1. The van der Waals surface area contributed by atoms with E-state index < -0.39 is 6.09 Å². The predicted molar refractivity (Wildman–Crippen MR) is 188 cm³/mol. The van der Waals surface area contributed by atoms with Crippen molar-refractivity contribution in [2.45, 2.75) is 46.6 Å². The number of anilines is 1. The van der Waals surface area contributed by atoms with Crippen LogP contribution in [-0.2, 0) is 16.1 Å². The van der Waals surface area contributed by atoms with Crippen LogP contribution in [0.1, 0.15) is 71.9 Å². The van der Waals surface area contributed by atoms with E-state index in [0.717, 1.165) is 18.4 Å². The van der Waals surface area contributed by atoms with E-state index in [0.29, 0.717) is 65.7 Å². The van der Waals surface area contributed by atoms with Gasteiger partial charge in [0.05, 0.1) is 5.69 Å². The smallest absolute Gasteiger partial charge is 0.410 e. The number of likely N-dealkylation sites (N-methyl/N-ethyl adjacent to an activating group) is 1. The van der Waals surface area contributed by atoms with Crippen molar-refractivity contribution in [1.82, 2.24) is 15.1 Å². The van der Waals surface area contributed by atoms with Gasteiger partial charge in [-0.2, -0.15) is 0 Å². The van der Waals surface area contributed by atoms with E-state index in [1.807, 2.05) is 62.1 Å². The number of carbonyl (C=O) groups excluding carboxylic acids is 4. The van der Waals surface area contributed by atoms with E-state index in [-0.39, 0.29) is 37.3 Å². The van der Waals surface area contributed by atoms with Gasteiger partial charge in [-0.1, -0.05) is 50.2 Å². The SMILES string of the molecule is CCCN(CCC)C(=O)C1=Cc2ccc(C(=O)Nc3ccc(C(=O)NCCN(CC)C(=O)OCc4ccccc4)cc3)cc2N=C(N)C1. The Labute approximate surface area is 281 Å². The zero-order valence-electron chi connectivity index (χ0n) is 27.8. The van der Waals surface area contributed by atoms with Crippen LogP contribution in [0.4, 0.5) is 16.2 Å². The van der Waals surface area contributed by atoms with Crippen LogP contribution in [0.15, 0.2) is 83.4 Å². The van der Waals surface area contributed by atoms with E-state index in [2.05, 4.69) is 15.6 Å². The Morgan fingerprint density at radius 2 is 1.52 bits per heavy atom. The Hall–Kier alpha value is -5.45. The van der Waals surface area contributed by atoms with Crippen LogP contribution < -0.4 is 16.4 Å². The molecule has 1 heterocycles. The lowest BCUT2D eigenvalue weighted by molar-refractivity contribution is -0.127.